The van der Waals surface area contributed by atoms with Crippen LogP contribution in [-0.2, 0) is 12.3 Å². The Hall–Kier alpha value is -3.73. The van der Waals surface area contributed by atoms with Crippen molar-refractivity contribution in [2.24, 2.45) is 0 Å². The Balaban J connectivity index is 1.39. The van der Waals surface area contributed by atoms with Crippen molar-refractivity contribution in [1.82, 2.24) is 25.1 Å². The molecule has 10 nitrogen and oxygen atoms in total. The molecule has 10 heteroatoms. The van der Waals surface area contributed by atoms with Crippen LogP contribution in [0.1, 0.15) is 47.7 Å². The van der Waals surface area contributed by atoms with Crippen molar-refractivity contribution in [3.8, 4) is 17.3 Å². The Labute approximate surface area is 208 Å². The molecule has 36 heavy (non-hydrogen) atoms. The number of H-pyrrole nitrogens is 2. The first-order valence-electron chi connectivity index (χ1n) is 12.0. The fourth-order valence-corrected chi connectivity index (χ4v) is 4.58. The molecule has 4 aromatic rings. The molecule has 5 N–H and O–H groups in total. The Morgan fingerprint density at radius 1 is 1.17 bits per heavy atom. The summed E-state index contributed by atoms with van der Waals surface area (Å²) in [6, 6.07) is 10.6. The zero-order valence-corrected chi connectivity index (χ0v) is 20.3. The molecule has 0 bridgehead atoms. The zero-order chi connectivity index (χ0) is 25.3. The van der Waals surface area contributed by atoms with Crippen LogP contribution in [0.15, 0.2) is 42.6 Å². The molecular formula is C26H30N6O4. The van der Waals surface area contributed by atoms with Gasteiger partial charge >= 0.3 is 0 Å². The number of nitrogens with zero attached hydrogens (tertiary/aromatic N) is 3. The minimum atomic E-state index is -2.09. The van der Waals surface area contributed by atoms with Crippen molar-refractivity contribution in [3.63, 3.8) is 0 Å². The predicted molar refractivity (Wildman–Crippen MR) is 136 cm³/mol. The Morgan fingerprint density at radius 3 is 2.72 bits per heavy atom. The van der Waals surface area contributed by atoms with E-state index in [1.54, 1.807) is 0 Å². The molecule has 1 amide bonds. The van der Waals surface area contributed by atoms with Crippen molar-refractivity contribution < 1.29 is 19.7 Å². The molecule has 2 aromatic heterocycles. The maximum Gasteiger partial charge on any atom is 0.259 e. The number of aliphatic hydroxyl groups is 2. The average Bonchev–Trinajstić information content (AvgIpc) is 3.50. The standard InChI is InChI=1S/C26H30N6O4/c1-26(34,35)17-7-9-22(36-2)18(13-17)25(33)30-21-14-27-31-23(21)24-28-19-8-6-16(12-20(19)29-24)15-32-10-4-3-5-11-32/h6-9,12-14,34-35H,3-5,10-11,15H2,1-2H3,(H,27,31)(H,28,29)(H,30,33). The number of hydrogen-bond donors (Lipinski definition) is 5. The number of rotatable bonds is 7. The first kappa shape index (κ1) is 24.0. The third-order valence-electron chi connectivity index (χ3n) is 6.52. The van der Waals surface area contributed by atoms with Crippen LogP contribution in [0.4, 0.5) is 5.69 Å². The third-order valence-corrected chi connectivity index (χ3v) is 6.52. The topological polar surface area (TPSA) is 139 Å². The van der Waals surface area contributed by atoms with E-state index in [9.17, 15) is 15.0 Å². The molecule has 3 heterocycles. The van der Waals surface area contributed by atoms with E-state index in [0.717, 1.165) is 30.7 Å². The van der Waals surface area contributed by atoms with Crippen molar-refractivity contribution >= 4 is 22.6 Å². The van der Waals surface area contributed by atoms with Gasteiger partial charge in [0.05, 0.1) is 35.6 Å². The lowest BCUT2D eigenvalue weighted by molar-refractivity contribution is -0.152. The molecule has 0 saturated carbocycles. The lowest BCUT2D eigenvalue weighted by Gasteiger charge is -2.26. The number of amides is 1. The smallest absolute Gasteiger partial charge is 0.259 e. The van der Waals surface area contributed by atoms with Crippen molar-refractivity contribution in [2.75, 3.05) is 25.5 Å². The summed E-state index contributed by atoms with van der Waals surface area (Å²) >= 11 is 0. The number of benzene rings is 2. The quantitative estimate of drug-likeness (QED) is 0.250. The van der Waals surface area contributed by atoms with Gasteiger partial charge in [-0.1, -0.05) is 12.5 Å². The summed E-state index contributed by atoms with van der Waals surface area (Å²) in [6.07, 6.45) is 5.31. The number of ether oxygens (including phenoxy) is 1. The highest BCUT2D eigenvalue weighted by Crippen LogP contribution is 2.29. The van der Waals surface area contributed by atoms with E-state index in [1.807, 2.05) is 6.07 Å². The van der Waals surface area contributed by atoms with E-state index < -0.39 is 11.7 Å². The van der Waals surface area contributed by atoms with Crippen molar-refractivity contribution in [1.29, 1.82) is 0 Å². The van der Waals surface area contributed by atoms with Crippen LogP contribution in [0.5, 0.6) is 5.75 Å². The molecule has 0 unspecified atom stereocenters. The van der Waals surface area contributed by atoms with Crippen LogP contribution in [-0.4, -0.2) is 61.4 Å². The van der Waals surface area contributed by atoms with E-state index in [0.29, 0.717) is 23.0 Å². The molecule has 1 fully saturated rings. The SMILES string of the molecule is COc1ccc(C(C)(O)O)cc1C(=O)Nc1cn[nH]c1-c1nc2ccc(CN3CCCCC3)cc2[nH]1. The third kappa shape index (κ3) is 4.97. The van der Waals surface area contributed by atoms with Crippen LogP contribution < -0.4 is 10.1 Å². The number of anilines is 1. The normalized spacial score (nSPS) is 14.8. The molecule has 5 rings (SSSR count). The lowest BCUT2D eigenvalue weighted by atomic mass is 10.0. The van der Waals surface area contributed by atoms with Gasteiger partial charge in [-0.15, -0.1) is 0 Å². The number of nitrogens with one attached hydrogen (secondary N) is 3. The summed E-state index contributed by atoms with van der Waals surface area (Å²) in [6.45, 7) is 4.40. The summed E-state index contributed by atoms with van der Waals surface area (Å²) in [5, 5.41) is 29.7. The maximum absolute atomic E-state index is 13.1. The van der Waals surface area contributed by atoms with Crippen molar-refractivity contribution in [3.05, 3.63) is 59.3 Å². The van der Waals surface area contributed by atoms with Gasteiger partial charge < -0.3 is 25.3 Å². The van der Waals surface area contributed by atoms with Gasteiger partial charge in [0.2, 0.25) is 0 Å². The number of aromatic amines is 2. The van der Waals surface area contributed by atoms with Crippen LogP contribution in [0.2, 0.25) is 0 Å². The number of imidazole rings is 1. The molecule has 1 saturated heterocycles. The molecule has 188 valence electrons. The summed E-state index contributed by atoms with van der Waals surface area (Å²) in [5.41, 5.74) is 4.23. The second-order valence-electron chi connectivity index (χ2n) is 9.32. The Bertz CT molecular complexity index is 1380. The van der Waals surface area contributed by atoms with E-state index in [-0.39, 0.29) is 11.1 Å². The number of carbonyl (C=O) groups is 1. The molecule has 0 atom stereocenters. The van der Waals surface area contributed by atoms with Gasteiger partial charge in [0, 0.05) is 12.1 Å². The minimum Gasteiger partial charge on any atom is -0.496 e. The maximum atomic E-state index is 13.1. The van der Waals surface area contributed by atoms with E-state index in [4.69, 9.17) is 4.74 Å². The minimum absolute atomic E-state index is 0.156. The highest BCUT2D eigenvalue weighted by atomic mass is 16.5. The Kier molecular flexibility index (Phi) is 6.48. The van der Waals surface area contributed by atoms with Gasteiger partial charge in [0.25, 0.3) is 5.91 Å². The molecule has 2 aromatic carbocycles. The number of piperidine rings is 1. The average molecular weight is 491 g/mol. The molecule has 0 radical (unpaired) electrons. The van der Waals surface area contributed by atoms with Gasteiger partial charge in [0.15, 0.2) is 11.6 Å². The second kappa shape index (κ2) is 9.73. The first-order chi connectivity index (χ1) is 17.3. The molecule has 0 spiro atoms. The highest BCUT2D eigenvalue weighted by Gasteiger charge is 2.24. The first-order valence-corrected chi connectivity index (χ1v) is 12.0. The summed E-state index contributed by atoms with van der Waals surface area (Å²) in [7, 11) is 1.44. The molecule has 1 aliphatic rings. The highest BCUT2D eigenvalue weighted by molar-refractivity contribution is 6.07. The van der Waals surface area contributed by atoms with E-state index in [2.05, 4.69) is 42.5 Å². The fourth-order valence-electron chi connectivity index (χ4n) is 4.58. The molecular weight excluding hydrogens is 460 g/mol. The van der Waals surface area contributed by atoms with Crippen LogP contribution in [0.3, 0.4) is 0 Å². The predicted octanol–water partition coefficient (Wildman–Crippen LogP) is 3.36. The summed E-state index contributed by atoms with van der Waals surface area (Å²) < 4.78 is 5.30. The summed E-state index contributed by atoms with van der Waals surface area (Å²) in [4.78, 5) is 23.6. The number of fused-ring (bicyclic) bond motifs is 1. The van der Waals surface area contributed by atoms with E-state index >= 15 is 0 Å². The molecule has 1 aliphatic heterocycles. The van der Waals surface area contributed by atoms with Crippen molar-refractivity contribution in [2.45, 2.75) is 38.5 Å². The van der Waals surface area contributed by atoms with Crippen LogP contribution >= 0.6 is 0 Å². The van der Waals surface area contributed by atoms with Gasteiger partial charge in [-0.3, -0.25) is 14.8 Å². The van der Waals surface area contributed by atoms with Crippen LogP contribution in [0, 0.1) is 0 Å². The largest absolute Gasteiger partial charge is 0.496 e. The lowest BCUT2D eigenvalue weighted by Crippen LogP contribution is -2.29. The van der Waals surface area contributed by atoms with Crippen LogP contribution in [0.25, 0.3) is 22.6 Å². The van der Waals surface area contributed by atoms with Gasteiger partial charge in [-0.2, -0.15) is 5.10 Å². The number of likely N-dealkylation sites (tertiary alicyclic amines) is 1. The molecule has 0 aliphatic carbocycles. The Morgan fingerprint density at radius 2 is 1.97 bits per heavy atom. The number of methoxy groups -OCH3 is 1. The number of hydrogen-bond acceptors (Lipinski definition) is 7. The summed E-state index contributed by atoms with van der Waals surface area (Å²) in [5.74, 6) is -1.73. The van der Waals surface area contributed by atoms with Gasteiger partial charge in [-0.25, -0.2) is 4.98 Å². The van der Waals surface area contributed by atoms with E-state index in [1.165, 1.54) is 63.3 Å². The number of aromatic nitrogens is 4. The van der Waals surface area contributed by atoms with Gasteiger partial charge in [0.1, 0.15) is 11.4 Å². The second-order valence-corrected chi connectivity index (χ2v) is 9.32. The zero-order valence-electron chi connectivity index (χ0n) is 20.3. The monoisotopic (exact) mass is 490 g/mol. The fraction of sp³-hybridized carbons (Fsp3) is 0.346. The van der Waals surface area contributed by atoms with Gasteiger partial charge in [-0.05, 0) is 68.8 Å². The number of carbonyl (C=O) groups excluding carboxylic acids is 1.